The normalized spacial score (nSPS) is 12.4. The molecule has 0 spiro atoms. The Morgan fingerprint density at radius 1 is 1.20 bits per heavy atom. The molecule has 0 saturated heterocycles. The summed E-state index contributed by atoms with van der Waals surface area (Å²) in [6, 6.07) is 11.1. The zero-order chi connectivity index (χ0) is 21.1. The van der Waals surface area contributed by atoms with Crippen LogP contribution in [0.2, 0.25) is 5.02 Å². The van der Waals surface area contributed by atoms with Gasteiger partial charge in [0.1, 0.15) is 28.1 Å². The Morgan fingerprint density at radius 3 is 2.77 bits per heavy atom. The van der Waals surface area contributed by atoms with Gasteiger partial charge in [0.2, 0.25) is 6.79 Å². The molecule has 7 nitrogen and oxygen atoms in total. The number of fused-ring (bicyclic) bond motifs is 1. The average Bonchev–Trinajstić information content (AvgIpc) is 3.44. The lowest BCUT2D eigenvalue weighted by atomic mass is 10.1. The van der Waals surface area contributed by atoms with E-state index in [1.165, 1.54) is 25.6 Å². The Labute approximate surface area is 182 Å². The van der Waals surface area contributed by atoms with Crippen LogP contribution in [-0.2, 0) is 0 Å². The van der Waals surface area contributed by atoms with Crippen molar-refractivity contribution in [2.75, 3.05) is 26.3 Å². The van der Waals surface area contributed by atoms with Crippen LogP contribution in [0, 0.1) is 11.3 Å². The third kappa shape index (κ3) is 3.85. The van der Waals surface area contributed by atoms with Gasteiger partial charge in [-0.15, -0.1) is 11.3 Å². The van der Waals surface area contributed by atoms with E-state index in [-0.39, 0.29) is 6.79 Å². The van der Waals surface area contributed by atoms with Crippen molar-refractivity contribution in [3.63, 3.8) is 0 Å². The molecule has 0 fully saturated rings. The number of hydrogen-bond acceptors (Lipinski definition) is 8. The topological polar surface area (TPSA) is 85.6 Å². The van der Waals surface area contributed by atoms with Gasteiger partial charge in [0, 0.05) is 29.3 Å². The third-order valence-corrected chi connectivity index (χ3v) is 5.54. The van der Waals surface area contributed by atoms with E-state index in [1.807, 2.05) is 23.6 Å². The largest absolute Gasteiger partial charge is 0.495 e. The van der Waals surface area contributed by atoms with Crippen LogP contribution in [0.15, 0.2) is 41.9 Å². The number of anilines is 1. The highest BCUT2D eigenvalue weighted by atomic mass is 35.5. The van der Waals surface area contributed by atoms with E-state index in [2.05, 4.69) is 16.4 Å². The zero-order valence-corrected chi connectivity index (χ0v) is 17.6. The smallest absolute Gasteiger partial charge is 0.231 e. The Morgan fingerprint density at radius 2 is 2.00 bits per heavy atom. The highest BCUT2D eigenvalue weighted by molar-refractivity contribution is 7.11. The van der Waals surface area contributed by atoms with Crippen LogP contribution in [0.1, 0.15) is 5.01 Å². The maximum absolute atomic E-state index is 9.63. The van der Waals surface area contributed by atoms with Crippen molar-refractivity contribution < 1.29 is 18.9 Å². The predicted octanol–water partition coefficient (Wildman–Crippen LogP) is 5.19. The van der Waals surface area contributed by atoms with E-state index in [1.54, 1.807) is 18.3 Å². The molecule has 0 radical (unpaired) electrons. The number of nitriles is 1. The fourth-order valence-corrected chi connectivity index (χ4v) is 3.88. The van der Waals surface area contributed by atoms with Gasteiger partial charge in [-0.2, -0.15) is 5.26 Å². The number of nitrogens with one attached hydrogen (secondary N) is 1. The molecule has 0 atom stereocenters. The first-order chi connectivity index (χ1) is 14.6. The van der Waals surface area contributed by atoms with Crippen molar-refractivity contribution in [3.05, 3.63) is 51.9 Å². The van der Waals surface area contributed by atoms with Crippen LogP contribution in [0.25, 0.3) is 16.8 Å². The van der Waals surface area contributed by atoms with E-state index in [9.17, 15) is 5.26 Å². The fraction of sp³-hybridized carbons (Fsp3) is 0.143. The molecule has 0 amide bonds. The summed E-state index contributed by atoms with van der Waals surface area (Å²) in [7, 11) is 3.07. The van der Waals surface area contributed by atoms with Crippen LogP contribution in [0.4, 0.5) is 5.69 Å². The van der Waals surface area contributed by atoms with Crippen LogP contribution >= 0.6 is 22.9 Å². The van der Waals surface area contributed by atoms with Crippen molar-refractivity contribution in [1.82, 2.24) is 4.98 Å². The molecule has 152 valence electrons. The molecule has 1 aliphatic rings. The summed E-state index contributed by atoms with van der Waals surface area (Å²) >= 11 is 7.51. The van der Waals surface area contributed by atoms with Crippen molar-refractivity contribution in [2.24, 2.45) is 0 Å². The molecule has 0 unspecified atom stereocenters. The minimum Gasteiger partial charge on any atom is -0.495 e. The maximum atomic E-state index is 9.63. The molecular formula is C21H16ClN3O4S. The van der Waals surface area contributed by atoms with E-state index in [4.69, 9.17) is 30.5 Å². The quantitative estimate of drug-likeness (QED) is 0.527. The lowest BCUT2D eigenvalue weighted by molar-refractivity contribution is 0.174. The van der Waals surface area contributed by atoms with Gasteiger partial charge in [0.05, 0.1) is 30.6 Å². The predicted molar refractivity (Wildman–Crippen MR) is 115 cm³/mol. The fourth-order valence-electron chi connectivity index (χ4n) is 2.85. The number of benzene rings is 2. The summed E-state index contributed by atoms with van der Waals surface area (Å²) in [5.41, 5.74) is 2.62. The lowest BCUT2D eigenvalue weighted by Crippen LogP contribution is -1.96. The molecule has 1 aliphatic heterocycles. The molecule has 3 aromatic rings. The number of methoxy groups -OCH3 is 2. The number of aromatic nitrogens is 1. The van der Waals surface area contributed by atoms with Crippen molar-refractivity contribution in [3.8, 4) is 40.3 Å². The van der Waals surface area contributed by atoms with Crippen LogP contribution in [0.5, 0.6) is 23.0 Å². The van der Waals surface area contributed by atoms with Crippen molar-refractivity contribution in [1.29, 1.82) is 5.26 Å². The Bertz CT molecular complexity index is 1170. The number of halogens is 1. The summed E-state index contributed by atoms with van der Waals surface area (Å²) in [6.45, 7) is 0.215. The van der Waals surface area contributed by atoms with Crippen LogP contribution in [-0.4, -0.2) is 26.0 Å². The first-order valence-corrected chi connectivity index (χ1v) is 10.0. The SMILES string of the molecule is COc1cc(N/C=C(/C#N)c2nc(-c3ccc4c(c3)OCO4)cs2)c(OC)cc1Cl. The van der Waals surface area contributed by atoms with E-state index >= 15 is 0 Å². The summed E-state index contributed by atoms with van der Waals surface area (Å²) in [6.07, 6.45) is 1.58. The van der Waals surface area contributed by atoms with E-state index in [0.717, 1.165) is 11.3 Å². The Kier molecular flexibility index (Phi) is 5.65. The number of hydrogen-bond donors (Lipinski definition) is 1. The molecular weight excluding hydrogens is 426 g/mol. The summed E-state index contributed by atoms with van der Waals surface area (Å²) in [5, 5.41) is 15.6. The third-order valence-electron chi connectivity index (χ3n) is 4.37. The minimum atomic E-state index is 0.215. The van der Waals surface area contributed by atoms with E-state index in [0.29, 0.717) is 44.3 Å². The molecule has 2 aromatic carbocycles. The standard InChI is InChI=1S/C21H16ClN3O4S/c1-26-18-7-15(19(27-2)6-14(18)22)24-9-13(8-23)21-25-16(10-30-21)12-3-4-17-20(5-12)29-11-28-17/h3-7,9-10,24H,11H2,1-2H3/b13-9-. The molecule has 9 heteroatoms. The number of allylic oxidation sites excluding steroid dienone is 1. The second kappa shape index (κ2) is 8.53. The second-order valence-corrected chi connectivity index (χ2v) is 7.37. The molecule has 0 bridgehead atoms. The van der Waals surface area contributed by atoms with Crippen LogP contribution in [0.3, 0.4) is 0 Å². The first-order valence-electron chi connectivity index (χ1n) is 8.77. The van der Waals surface area contributed by atoms with Gasteiger partial charge in [-0.1, -0.05) is 11.6 Å². The van der Waals surface area contributed by atoms with Crippen molar-refractivity contribution >= 4 is 34.2 Å². The first kappa shape index (κ1) is 19.9. The highest BCUT2D eigenvalue weighted by Crippen LogP contribution is 2.38. The second-order valence-electron chi connectivity index (χ2n) is 6.11. The molecule has 0 saturated carbocycles. The van der Waals surface area contributed by atoms with Gasteiger partial charge in [-0.25, -0.2) is 4.98 Å². The number of nitrogens with zero attached hydrogens (tertiary/aromatic N) is 2. The van der Waals surface area contributed by atoms with Crippen LogP contribution < -0.4 is 24.3 Å². The zero-order valence-electron chi connectivity index (χ0n) is 16.1. The molecule has 2 heterocycles. The maximum Gasteiger partial charge on any atom is 0.231 e. The van der Waals surface area contributed by atoms with E-state index < -0.39 is 0 Å². The van der Waals surface area contributed by atoms with Gasteiger partial charge in [-0.3, -0.25) is 0 Å². The van der Waals surface area contributed by atoms with Gasteiger partial charge >= 0.3 is 0 Å². The van der Waals surface area contributed by atoms with Gasteiger partial charge in [0.15, 0.2) is 11.5 Å². The van der Waals surface area contributed by atoms with Gasteiger partial charge in [0.25, 0.3) is 0 Å². The minimum absolute atomic E-state index is 0.215. The average molecular weight is 442 g/mol. The Balaban J connectivity index is 1.60. The number of rotatable bonds is 6. The molecule has 1 aromatic heterocycles. The van der Waals surface area contributed by atoms with Gasteiger partial charge < -0.3 is 24.3 Å². The number of thiazole rings is 1. The molecule has 0 aliphatic carbocycles. The molecule has 1 N–H and O–H groups in total. The van der Waals surface area contributed by atoms with Crippen molar-refractivity contribution in [2.45, 2.75) is 0 Å². The summed E-state index contributed by atoms with van der Waals surface area (Å²) in [5.74, 6) is 2.41. The highest BCUT2D eigenvalue weighted by Gasteiger charge is 2.16. The molecule has 30 heavy (non-hydrogen) atoms. The molecule has 4 rings (SSSR count). The monoisotopic (exact) mass is 441 g/mol. The summed E-state index contributed by atoms with van der Waals surface area (Å²) < 4.78 is 21.4. The number of ether oxygens (including phenoxy) is 4. The Hall–Kier alpha value is -3.41. The summed E-state index contributed by atoms with van der Waals surface area (Å²) in [4.78, 5) is 4.59. The van der Waals surface area contributed by atoms with Gasteiger partial charge in [-0.05, 0) is 18.2 Å². The lowest BCUT2D eigenvalue weighted by Gasteiger charge is -2.12.